The molecular formula is C18H23N. The van der Waals surface area contributed by atoms with Gasteiger partial charge in [-0.05, 0) is 48.6 Å². The third-order valence-corrected chi connectivity index (χ3v) is 3.50. The Kier molecular flexibility index (Phi) is 4.26. The van der Waals surface area contributed by atoms with E-state index in [0.29, 0.717) is 12.0 Å². The third kappa shape index (κ3) is 3.60. The Bertz CT molecular complexity index is 526. The molecule has 0 saturated heterocycles. The van der Waals surface area contributed by atoms with E-state index >= 15 is 0 Å². The van der Waals surface area contributed by atoms with Crippen molar-refractivity contribution in [3.8, 4) is 0 Å². The molecule has 1 atom stereocenters. The van der Waals surface area contributed by atoms with E-state index in [9.17, 15) is 0 Å². The lowest BCUT2D eigenvalue weighted by atomic mass is 9.99. The highest BCUT2D eigenvalue weighted by Gasteiger charge is 2.06. The molecule has 0 heterocycles. The third-order valence-electron chi connectivity index (χ3n) is 3.50. The van der Waals surface area contributed by atoms with Crippen molar-refractivity contribution in [1.29, 1.82) is 0 Å². The lowest BCUT2D eigenvalue weighted by Crippen LogP contribution is -2.06. The van der Waals surface area contributed by atoms with Gasteiger partial charge in [-0.2, -0.15) is 0 Å². The van der Waals surface area contributed by atoms with Crippen LogP contribution in [0.25, 0.3) is 0 Å². The normalized spacial score (nSPS) is 12.5. The second-order valence-electron chi connectivity index (χ2n) is 5.56. The average Bonchev–Trinajstić information content (AvgIpc) is 2.39. The lowest BCUT2D eigenvalue weighted by molar-refractivity contribution is 0.852. The van der Waals surface area contributed by atoms with E-state index < -0.39 is 0 Å². The van der Waals surface area contributed by atoms with Gasteiger partial charge in [-0.1, -0.05) is 50.2 Å². The minimum atomic E-state index is 0.322. The second kappa shape index (κ2) is 5.92. The molecule has 1 heteroatoms. The molecule has 0 amide bonds. The van der Waals surface area contributed by atoms with Crippen LogP contribution in [0, 0.1) is 6.92 Å². The summed E-state index contributed by atoms with van der Waals surface area (Å²) in [5, 5.41) is 3.55. The summed E-state index contributed by atoms with van der Waals surface area (Å²) in [4.78, 5) is 0. The minimum Gasteiger partial charge on any atom is -0.379 e. The van der Waals surface area contributed by atoms with Crippen LogP contribution in [0.3, 0.4) is 0 Å². The molecule has 0 aliphatic rings. The van der Waals surface area contributed by atoms with Crippen molar-refractivity contribution in [2.45, 2.75) is 39.7 Å². The molecule has 100 valence electrons. The van der Waals surface area contributed by atoms with Gasteiger partial charge >= 0.3 is 0 Å². The maximum Gasteiger partial charge on any atom is 0.0485 e. The monoisotopic (exact) mass is 253 g/mol. The summed E-state index contributed by atoms with van der Waals surface area (Å²) in [6, 6.07) is 17.7. The van der Waals surface area contributed by atoms with Crippen molar-refractivity contribution >= 4 is 5.69 Å². The maximum atomic E-state index is 3.55. The highest BCUT2D eigenvalue weighted by atomic mass is 14.9. The predicted molar refractivity (Wildman–Crippen MR) is 83.7 cm³/mol. The highest BCUT2D eigenvalue weighted by molar-refractivity contribution is 5.47. The zero-order valence-corrected chi connectivity index (χ0v) is 12.3. The van der Waals surface area contributed by atoms with E-state index in [2.05, 4.69) is 81.5 Å². The van der Waals surface area contributed by atoms with Gasteiger partial charge in [-0.25, -0.2) is 0 Å². The Balaban J connectivity index is 2.09. The molecule has 0 spiro atoms. The first-order valence-corrected chi connectivity index (χ1v) is 6.99. The highest BCUT2D eigenvalue weighted by Crippen LogP contribution is 2.22. The van der Waals surface area contributed by atoms with Crippen LogP contribution >= 0.6 is 0 Å². The topological polar surface area (TPSA) is 12.0 Å². The van der Waals surface area contributed by atoms with Gasteiger partial charge in [0, 0.05) is 11.7 Å². The number of rotatable bonds is 4. The van der Waals surface area contributed by atoms with E-state index in [1.807, 2.05) is 0 Å². The van der Waals surface area contributed by atoms with Crippen LogP contribution in [-0.2, 0) is 0 Å². The molecule has 0 aromatic heterocycles. The molecule has 0 aliphatic carbocycles. The number of hydrogen-bond donors (Lipinski definition) is 1. The standard InChI is InChI=1S/C18H23N/c1-13(2)16-8-10-17(11-9-16)15(4)19-18-7-5-6-14(3)12-18/h5-13,15,19H,1-4H3. The van der Waals surface area contributed by atoms with Crippen molar-refractivity contribution in [3.05, 3.63) is 65.2 Å². The number of anilines is 1. The zero-order chi connectivity index (χ0) is 13.8. The van der Waals surface area contributed by atoms with Crippen LogP contribution in [0.2, 0.25) is 0 Å². The summed E-state index contributed by atoms with van der Waals surface area (Å²) in [5.41, 5.74) is 5.19. The van der Waals surface area contributed by atoms with Crippen LogP contribution in [-0.4, -0.2) is 0 Å². The molecule has 2 rings (SSSR count). The van der Waals surface area contributed by atoms with Crippen molar-refractivity contribution in [3.63, 3.8) is 0 Å². The first-order valence-electron chi connectivity index (χ1n) is 6.99. The first-order chi connectivity index (χ1) is 9.06. The molecule has 0 radical (unpaired) electrons. The molecule has 19 heavy (non-hydrogen) atoms. The quantitative estimate of drug-likeness (QED) is 0.780. The summed E-state index contributed by atoms with van der Waals surface area (Å²) < 4.78 is 0. The maximum absolute atomic E-state index is 3.55. The Labute approximate surface area is 116 Å². The van der Waals surface area contributed by atoms with Crippen molar-refractivity contribution in [1.82, 2.24) is 0 Å². The van der Waals surface area contributed by atoms with Crippen LogP contribution in [0.4, 0.5) is 5.69 Å². The number of hydrogen-bond acceptors (Lipinski definition) is 1. The van der Waals surface area contributed by atoms with E-state index in [0.717, 1.165) is 0 Å². The Morgan fingerprint density at radius 2 is 1.47 bits per heavy atom. The Morgan fingerprint density at radius 3 is 2.05 bits per heavy atom. The van der Waals surface area contributed by atoms with Gasteiger partial charge in [0.15, 0.2) is 0 Å². The van der Waals surface area contributed by atoms with Crippen molar-refractivity contribution < 1.29 is 0 Å². The molecular weight excluding hydrogens is 230 g/mol. The zero-order valence-electron chi connectivity index (χ0n) is 12.3. The summed E-state index contributed by atoms with van der Waals surface area (Å²) in [5.74, 6) is 0.592. The fraction of sp³-hybridized carbons (Fsp3) is 0.333. The van der Waals surface area contributed by atoms with E-state index in [-0.39, 0.29) is 0 Å². The second-order valence-corrected chi connectivity index (χ2v) is 5.56. The van der Waals surface area contributed by atoms with E-state index in [4.69, 9.17) is 0 Å². The molecule has 2 aromatic rings. The summed E-state index contributed by atoms with van der Waals surface area (Å²) >= 11 is 0. The van der Waals surface area contributed by atoms with E-state index in [1.165, 1.54) is 22.4 Å². The fourth-order valence-electron chi connectivity index (χ4n) is 2.24. The summed E-state index contributed by atoms with van der Waals surface area (Å²) in [6.45, 7) is 8.77. The van der Waals surface area contributed by atoms with Crippen LogP contribution in [0.5, 0.6) is 0 Å². The molecule has 0 bridgehead atoms. The largest absolute Gasteiger partial charge is 0.379 e. The van der Waals surface area contributed by atoms with Gasteiger partial charge in [0.25, 0.3) is 0 Å². The smallest absolute Gasteiger partial charge is 0.0485 e. The van der Waals surface area contributed by atoms with Crippen LogP contribution in [0.15, 0.2) is 48.5 Å². The van der Waals surface area contributed by atoms with Gasteiger partial charge in [-0.15, -0.1) is 0 Å². The molecule has 0 aliphatic heterocycles. The van der Waals surface area contributed by atoms with E-state index in [1.54, 1.807) is 0 Å². The number of benzene rings is 2. The van der Waals surface area contributed by atoms with Gasteiger partial charge in [0.1, 0.15) is 0 Å². The van der Waals surface area contributed by atoms with Crippen LogP contribution in [0.1, 0.15) is 49.4 Å². The molecule has 1 unspecified atom stereocenters. The summed E-state index contributed by atoms with van der Waals surface area (Å²) in [7, 11) is 0. The number of aryl methyl sites for hydroxylation is 1. The van der Waals surface area contributed by atoms with Crippen LogP contribution < -0.4 is 5.32 Å². The molecule has 2 aromatic carbocycles. The average molecular weight is 253 g/mol. The molecule has 1 N–H and O–H groups in total. The van der Waals surface area contributed by atoms with Crippen molar-refractivity contribution in [2.75, 3.05) is 5.32 Å². The van der Waals surface area contributed by atoms with Gasteiger partial charge in [-0.3, -0.25) is 0 Å². The molecule has 1 nitrogen and oxygen atoms in total. The predicted octanol–water partition coefficient (Wildman–Crippen LogP) is 5.29. The Hall–Kier alpha value is -1.76. The first kappa shape index (κ1) is 13.7. The summed E-state index contributed by atoms with van der Waals surface area (Å²) in [6.07, 6.45) is 0. The molecule has 0 fully saturated rings. The number of nitrogens with one attached hydrogen (secondary N) is 1. The Morgan fingerprint density at radius 1 is 0.842 bits per heavy atom. The van der Waals surface area contributed by atoms with Gasteiger partial charge < -0.3 is 5.32 Å². The van der Waals surface area contributed by atoms with Gasteiger partial charge in [0.2, 0.25) is 0 Å². The SMILES string of the molecule is Cc1cccc(NC(C)c2ccc(C(C)C)cc2)c1. The van der Waals surface area contributed by atoms with Crippen molar-refractivity contribution in [2.24, 2.45) is 0 Å². The van der Waals surface area contributed by atoms with Gasteiger partial charge in [0.05, 0.1) is 0 Å². The lowest BCUT2D eigenvalue weighted by Gasteiger charge is -2.17. The molecule has 0 saturated carbocycles. The minimum absolute atomic E-state index is 0.322. The fourth-order valence-corrected chi connectivity index (χ4v) is 2.24.